The molecular weight excluding hydrogens is 230 g/mol. The van der Waals surface area contributed by atoms with Crippen LogP contribution >= 0.6 is 0 Å². The van der Waals surface area contributed by atoms with Crippen molar-refractivity contribution in [3.63, 3.8) is 0 Å². The van der Waals surface area contributed by atoms with Crippen LogP contribution in [0.4, 0.5) is 11.6 Å². The van der Waals surface area contributed by atoms with Gasteiger partial charge in [-0.2, -0.15) is 0 Å². The maximum Gasteiger partial charge on any atom is 0.132 e. The predicted molar refractivity (Wildman–Crippen MR) is 70.3 cm³/mol. The Morgan fingerprint density at radius 2 is 2.06 bits per heavy atom. The van der Waals surface area contributed by atoms with Crippen molar-refractivity contribution in [2.24, 2.45) is 5.73 Å². The molecule has 2 rings (SSSR count). The average Bonchev–Trinajstić information content (AvgIpc) is 2.86. The zero-order valence-electron chi connectivity index (χ0n) is 10.3. The Labute approximate surface area is 106 Å². The molecule has 0 aliphatic carbocycles. The number of hydrogen-bond donors (Lipinski definition) is 3. The Morgan fingerprint density at radius 1 is 1.28 bits per heavy atom. The third-order valence-corrected chi connectivity index (χ3v) is 2.31. The molecule has 0 spiro atoms. The highest BCUT2D eigenvalue weighted by atomic mass is 16.3. The quantitative estimate of drug-likeness (QED) is 0.714. The molecule has 0 unspecified atom stereocenters. The van der Waals surface area contributed by atoms with Gasteiger partial charge in [0.05, 0.1) is 12.8 Å². The van der Waals surface area contributed by atoms with Gasteiger partial charge in [-0.3, -0.25) is 0 Å². The van der Waals surface area contributed by atoms with Crippen LogP contribution in [-0.4, -0.2) is 23.1 Å². The molecule has 2 heterocycles. The van der Waals surface area contributed by atoms with Gasteiger partial charge in [0.1, 0.15) is 23.2 Å². The minimum absolute atomic E-state index is 0.568. The first-order chi connectivity index (χ1) is 8.78. The van der Waals surface area contributed by atoms with Crippen LogP contribution in [0, 0.1) is 6.92 Å². The number of aromatic nitrogens is 2. The van der Waals surface area contributed by atoms with Crippen molar-refractivity contribution in [1.29, 1.82) is 0 Å². The Hall–Kier alpha value is -2.08. The summed E-state index contributed by atoms with van der Waals surface area (Å²) in [5.74, 6) is 3.11. The summed E-state index contributed by atoms with van der Waals surface area (Å²) in [7, 11) is 0. The summed E-state index contributed by atoms with van der Waals surface area (Å²) in [4.78, 5) is 8.58. The second-order valence-corrected chi connectivity index (χ2v) is 3.83. The van der Waals surface area contributed by atoms with E-state index in [9.17, 15) is 0 Å². The molecule has 0 saturated carbocycles. The van der Waals surface area contributed by atoms with Gasteiger partial charge in [-0.25, -0.2) is 9.97 Å². The summed E-state index contributed by atoms with van der Waals surface area (Å²) < 4.78 is 5.24. The number of furan rings is 1. The molecule has 0 atom stereocenters. The summed E-state index contributed by atoms with van der Waals surface area (Å²) in [5, 5.41) is 6.32. The first-order valence-corrected chi connectivity index (χ1v) is 5.84. The maximum absolute atomic E-state index is 5.44. The lowest BCUT2D eigenvalue weighted by Crippen LogP contribution is -2.14. The topological polar surface area (TPSA) is 89.0 Å². The summed E-state index contributed by atoms with van der Waals surface area (Å²) in [6.07, 6.45) is 1.65. The summed E-state index contributed by atoms with van der Waals surface area (Å²) in [6.45, 7) is 3.71. The van der Waals surface area contributed by atoms with Gasteiger partial charge in [-0.15, -0.1) is 0 Å². The second-order valence-electron chi connectivity index (χ2n) is 3.83. The van der Waals surface area contributed by atoms with Crippen LogP contribution in [0.15, 0.2) is 28.9 Å². The van der Waals surface area contributed by atoms with E-state index in [2.05, 4.69) is 20.6 Å². The molecule has 0 aliphatic rings. The molecule has 0 amide bonds. The van der Waals surface area contributed by atoms with Gasteiger partial charge in [0.2, 0.25) is 0 Å². The maximum atomic E-state index is 5.44. The highest BCUT2D eigenvalue weighted by Gasteiger charge is 2.02. The molecule has 4 N–H and O–H groups in total. The number of nitrogens with zero attached hydrogens (tertiary/aromatic N) is 2. The molecular formula is C12H17N5O. The number of hydrogen-bond acceptors (Lipinski definition) is 6. The van der Waals surface area contributed by atoms with Crippen molar-refractivity contribution in [2.45, 2.75) is 13.5 Å². The third-order valence-electron chi connectivity index (χ3n) is 2.31. The zero-order valence-corrected chi connectivity index (χ0v) is 10.3. The zero-order chi connectivity index (χ0) is 12.8. The van der Waals surface area contributed by atoms with E-state index >= 15 is 0 Å². The van der Waals surface area contributed by atoms with E-state index in [-0.39, 0.29) is 0 Å². The van der Waals surface area contributed by atoms with Crippen molar-refractivity contribution < 1.29 is 4.42 Å². The van der Waals surface area contributed by atoms with Crippen LogP contribution in [0.2, 0.25) is 0 Å². The van der Waals surface area contributed by atoms with E-state index in [1.54, 1.807) is 6.26 Å². The van der Waals surface area contributed by atoms with Crippen molar-refractivity contribution in [3.05, 3.63) is 36.0 Å². The molecule has 18 heavy (non-hydrogen) atoms. The molecule has 0 bridgehead atoms. The van der Waals surface area contributed by atoms with E-state index in [1.165, 1.54) is 0 Å². The predicted octanol–water partition coefficient (Wildman–Crippen LogP) is 1.36. The van der Waals surface area contributed by atoms with Gasteiger partial charge in [0, 0.05) is 19.2 Å². The first-order valence-electron chi connectivity index (χ1n) is 5.84. The molecule has 0 radical (unpaired) electrons. The number of nitrogens with one attached hydrogen (secondary N) is 2. The first kappa shape index (κ1) is 12.4. The Morgan fingerprint density at radius 3 is 2.72 bits per heavy atom. The number of anilines is 2. The fraction of sp³-hybridized carbons (Fsp3) is 0.333. The average molecular weight is 247 g/mol. The van der Waals surface area contributed by atoms with Crippen LogP contribution in [0.5, 0.6) is 0 Å². The third kappa shape index (κ3) is 3.46. The molecule has 0 aromatic carbocycles. The highest BCUT2D eigenvalue weighted by Crippen LogP contribution is 2.12. The molecule has 0 fully saturated rings. The summed E-state index contributed by atoms with van der Waals surface area (Å²) in [6, 6.07) is 5.62. The molecule has 6 nitrogen and oxygen atoms in total. The minimum Gasteiger partial charge on any atom is -0.467 e. The number of rotatable bonds is 6. The van der Waals surface area contributed by atoms with E-state index in [4.69, 9.17) is 10.2 Å². The largest absolute Gasteiger partial charge is 0.467 e. The smallest absolute Gasteiger partial charge is 0.132 e. The van der Waals surface area contributed by atoms with Crippen LogP contribution in [0.1, 0.15) is 11.6 Å². The van der Waals surface area contributed by atoms with Crippen LogP contribution in [-0.2, 0) is 6.54 Å². The monoisotopic (exact) mass is 247 g/mol. The Kier molecular flexibility index (Phi) is 4.14. The highest BCUT2D eigenvalue weighted by molar-refractivity contribution is 5.47. The van der Waals surface area contributed by atoms with E-state index in [0.29, 0.717) is 25.5 Å². The van der Waals surface area contributed by atoms with E-state index < -0.39 is 0 Å². The molecule has 0 aliphatic heterocycles. The molecule has 0 saturated heterocycles. The van der Waals surface area contributed by atoms with Gasteiger partial charge >= 0.3 is 0 Å². The lowest BCUT2D eigenvalue weighted by atomic mass is 10.4. The molecule has 96 valence electrons. The number of aryl methyl sites for hydroxylation is 1. The second kappa shape index (κ2) is 6.02. The van der Waals surface area contributed by atoms with E-state index in [0.717, 1.165) is 17.4 Å². The molecule has 6 heteroatoms. The lowest BCUT2D eigenvalue weighted by Gasteiger charge is -2.08. The van der Waals surface area contributed by atoms with Gasteiger partial charge in [0.25, 0.3) is 0 Å². The van der Waals surface area contributed by atoms with Gasteiger partial charge < -0.3 is 20.8 Å². The van der Waals surface area contributed by atoms with Crippen LogP contribution in [0.25, 0.3) is 0 Å². The van der Waals surface area contributed by atoms with Crippen molar-refractivity contribution in [2.75, 3.05) is 23.7 Å². The number of nitrogens with two attached hydrogens (primary N) is 1. The van der Waals surface area contributed by atoms with Crippen molar-refractivity contribution >= 4 is 11.6 Å². The summed E-state index contributed by atoms with van der Waals surface area (Å²) in [5.41, 5.74) is 5.44. The standard InChI is InChI=1S/C12H17N5O/c1-9-16-11(14-5-4-13)7-12(17-9)15-8-10-3-2-6-18-10/h2-3,6-7H,4-5,8,13H2,1H3,(H2,14,15,16,17). The minimum atomic E-state index is 0.568. The molecule has 2 aromatic heterocycles. The normalized spacial score (nSPS) is 10.3. The summed E-state index contributed by atoms with van der Waals surface area (Å²) >= 11 is 0. The van der Waals surface area contributed by atoms with Gasteiger partial charge in [-0.05, 0) is 19.1 Å². The molecule has 2 aromatic rings. The van der Waals surface area contributed by atoms with E-state index in [1.807, 2.05) is 25.1 Å². The lowest BCUT2D eigenvalue weighted by molar-refractivity contribution is 0.518. The van der Waals surface area contributed by atoms with Gasteiger partial charge in [0.15, 0.2) is 0 Å². The van der Waals surface area contributed by atoms with Crippen molar-refractivity contribution in [1.82, 2.24) is 9.97 Å². The van der Waals surface area contributed by atoms with Crippen LogP contribution in [0.3, 0.4) is 0 Å². The fourth-order valence-electron chi connectivity index (χ4n) is 1.54. The fourth-order valence-corrected chi connectivity index (χ4v) is 1.54. The van der Waals surface area contributed by atoms with Gasteiger partial charge in [-0.1, -0.05) is 0 Å². The Bertz CT molecular complexity index is 483. The SMILES string of the molecule is Cc1nc(NCCN)cc(NCc2ccco2)n1. The van der Waals surface area contributed by atoms with Crippen molar-refractivity contribution in [3.8, 4) is 0 Å². The van der Waals surface area contributed by atoms with Crippen LogP contribution < -0.4 is 16.4 Å². The Balaban J connectivity index is 2.00.